The number of halogens is 3. The number of alkyl halides is 3. The number of fused-ring (bicyclic) bond motifs is 1. The number of nitrogens with one attached hydrogen (secondary N) is 1. The summed E-state index contributed by atoms with van der Waals surface area (Å²) < 4.78 is 43.8. The van der Waals surface area contributed by atoms with E-state index in [9.17, 15) is 18.0 Å². The first kappa shape index (κ1) is 21.4. The number of carbonyl (C=O) groups excluding carboxylic acids is 1. The lowest BCUT2D eigenvalue weighted by molar-refractivity contribution is -0.141. The molecule has 1 amide bonds. The van der Waals surface area contributed by atoms with Crippen molar-refractivity contribution in [2.45, 2.75) is 32.4 Å². The van der Waals surface area contributed by atoms with Crippen molar-refractivity contribution >= 4 is 28.6 Å². The minimum Gasteiger partial charge on any atom is -0.475 e. The minimum atomic E-state index is -4.51. The molecule has 0 bridgehead atoms. The van der Waals surface area contributed by atoms with Crippen LogP contribution in [0, 0.1) is 5.41 Å². The second kappa shape index (κ2) is 7.85. The van der Waals surface area contributed by atoms with Crippen molar-refractivity contribution < 1.29 is 22.7 Å². The average molecular weight is 461 g/mol. The highest BCUT2D eigenvalue weighted by atomic mass is 19.4. The van der Waals surface area contributed by atoms with Gasteiger partial charge in [-0.2, -0.15) is 13.2 Å². The van der Waals surface area contributed by atoms with Gasteiger partial charge in [-0.15, -0.1) is 5.10 Å². The first-order chi connectivity index (χ1) is 15.8. The van der Waals surface area contributed by atoms with Crippen LogP contribution in [0.25, 0.3) is 11.2 Å². The molecule has 174 valence electrons. The molecule has 0 aliphatic carbocycles. The van der Waals surface area contributed by atoms with Crippen molar-refractivity contribution in [1.82, 2.24) is 25.1 Å². The summed E-state index contributed by atoms with van der Waals surface area (Å²) in [5, 5.41) is 6.93. The molecular formula is C21H22F3N7O2. The Labute approximate surface area is 187 Å². The third-order valence-electron chi connectivity index (χ3n) is 6.33. The Hall–Kier alpha value is -3.44. The summed E-state index contributed by atoms with van der Waals surface area (Å²) in [7, 11) is 0. The standard InChI is InChI=1S/C21H22F3N7O2/c1-2-33-19-17-18(28-29-19)27-15(11-26-17)30-7-5-20(6-8-30)9-16(32)31(12-20)13-3-4-14(25-10-13)21(22,23)24/h3-4,10-11H,2,5-9,12H2,1H3,(H,27,28,29). The molecule has 3 aromatic rings. The minimum absolute atomic E-state index is 0.0906. The molecule has 12 heteroatoms. The SMILES string of the molecule is CCOc1n[nH]c2nc(N3CCC4(CC3)CC(=O)N(c3ccc(C(F)(F)F)nc3)C4)cnc12. The van der Waals surface area contributed by atoms with Crippen molar-refractivity contribution in [2.24, 2.45) is 5.41 Å². The second-order valence-electron chi connectivity index (χ2n) is 8.43. The number of aromatic nitrogens is 5. The summed E-state index contributed by atoms with van der Waals surface area (Å²) in [6.07, 6.45) is 0.199. The monoisotopic (exact) mass is 461 g/mol. The highest BCUT2D eigenvalue weighted by Gasteiger charge is 2.46. The van der Waals surface area contributed by atoms with Crippen LogP contribution in [0.1, 0.15) is 31.9 Å². The maximum Gasteiger partial charge on any atom is 0.433 e. The zero-order chi connectivity index (χ0) is 23.2. The van der Waals surface area contributed by atoms with E-state index in [1.165, 1.54) is 6.07 Å². The molecule has 3 aromatic heterocycles. The molecule has 5 heterocycles. The number of pyridine rings is 1. The van der Waals surface area contributed by atoms with E-state index >= 15 is 0 Å². The van der Waals surface area contributed by atoms with Gasteiger partial charge in [-0.05, 0) is 31.9 Å². The lowest BCUT2D eigenvalue weighted by Crippen LogP contribution is -2.42. The summed E-state index contributed by atoms with van der Waals surface area (Å²) in [4.78, 5) is 28.9. The zero-order valence-electron chi connectivity index (χ0n) is 17.9. The Morgan fingerprint density at radius 3 is 2.64 bits per heavy atom. The molecular weight excluding hydrogens is 439 g/mol. The van der Waals surface area contributed by atoms with Crippen molar-refractivity contribution in [3.05, 3.63) is 30.2 Å². The molecule has 9 nitrogen and oxygen atoms in total. The van der Waals surface area contributed by atoms with Gasteiger partial charge in [0, 0.05) is 31.5 Å². The number of H-pyrrole nitrogens is 1. The molecule has 1 N–H and O–H groups in total. The van der Waals surface area contributed by atoms with Crippen LogP contribution in [0.2, 0.25) is 0 Å². The summed E-state index contributed by atoms with van der Waals surface area (Å²) >= 11 is 0. The number of rotatable bonds is 4. The van der Waals surface area contributed by atoms with Crippen LogP contribution in [-0.2, 0) is 11.0 Å². The number of aromatic amines is 1. The molecule has 0 aromatic carbocycles. The van der Waals surface area contributed by atoms with E-state index in [4.69, 9.17) is 4.74 Å². The second-order valence-corrected chi connectivity index (χ2v) is 8.43. The van der Waals surface area contributed by atoms with E-state index in [1.54, 1.807) is 11.1 Å². The summed E-state index contributed by atoms with van der Waals surface area (Å²) in [6.45, 7) is 4.21. The van der Waals surface area contributed by atoms with Crippen LogP contribution in [-0.4, -0.2) is 57.3 Å². The first-order valence-electron chi connectivity index (χ1n) is 10.7. The first-order valence-corrected chi connectivity index (χ1v) is 10.7. The number of amides is 1. The van der Waals surface area contributed by atoms with Crippen molar-refractivity contribution in [3.8, 4) is 5.88 Å². The topological polar surface area (TPSA) is 100 Å². The molecule has 2 aliphatic rings. The average Bonchev–Trinajstić information content (AvgIpc) is 3.34. The molecule has 5 rings (SSSR count). The smallest absolute Gasteiger partial charge is 0.433 e. The van der Waals surface area contributed by atoms with Gasteiger partial charge >= 0.3 is 6.18 Å². The summed E-state index contributed by atoms with van der Waals surface area (Å²) in [6, 6.07) is 2.23. The Morgan fingerprint density at radius 2 is 1.97 bits per heavy atom. The summed E-state index contributed by atoms with van der Waals surface area (Å²) in [5.74, 6) is 1.05. The Balaban J connectivity index is 1.27. The Kier molecular flexibility index (Phi) is 5.09. The quantitative estimate of drug-likeness (QED) is 0.637. The zero-order valence-corrected chi connectivity index (χ0v) is 17.9. The van der Waals surface area contributed by atoms with Crippen LogP contribution < -0.4 is 14.5 Å². The fraction of sp³-hybridized carbons (Fsp3) is 0.476. The van der Waals surface area contributed by atoms with Gasteiger partial charge in [-0.25, -0.2) is 15.0 Å². The highest BCUT2D eigenvalue weighted by Crippen LogP contribution is 2.43. The van der Waals surface area contributed by atoms with Gasteiger partial charge in [-0.1, -0.05) is 0 Å². The maximum absolute atomic E-state index is 12.8. The third-order valence-corrected chi connectivity index (χ3v) is 6.33. The van der Waals surface area contributed by atoms with Gasteiger partial charge in [-0.3, -0.25) is 9.89 Å². The van der Waals surface area contributed by atoms with Crippen molar-refractivity contribution in [2.75, 3.05) is 36.0 Å². The Bertz CT molecular complexity index is 1170. The predicted octanol–water partition coefficient (Wildman–Crippen LogP) is 3.19. The molecule has 0 atom stereocenters. The number of anilines is 2. The van der Waals surface area contributed by atoms with Crippen LogP contribution in [0.5, 0.6) is 5.88 Å². The lowest BCUT2D eigenvalue weighted by Gasteiger charge is -2.39. The third kappa shape index (κ3) is 3.93. The number of hydrogen-bond donors (Lipinski definition) is 1. The summed E-state index contributed by atoms with van der Waals surface area (Å²) in [5.41, 5.74) is 0.339. The van der Waals surface area contributed by atoms with E-state index in [1.807, 2.05) is 6.92 Å². The van der Waals surface area contributed by atoms with Gasteiger partial charge in [0.15, 0.2) is 11.2 Å². The molecule has 0 saturated carbocycles. The van der Waals surface area contributed by atoms with E-state index < -0.39 is 11.9 Å². The van der Waals surface area contributed by atoms with Gasteiger partial charge in [0.1, 0.15) is 11.5 Å². The normalized spacial score (nSPS) is 18.5. The number of hydrogen-bond acceptors (Lipinski definition) is 7. The van der Waals surface area contributed by atoms with Crippen molar-refractivity contribution in [1.29, 1.82) is 0 Å². The molecule has 2 aliphatic heterocycles. The largest absolute Gasteiger partial charge is 0.475 e. The fourth-order valence-electron chi connectivity index (χ4n) is 4.55. The van der Waals surface area contributed by atoms with E-state index in [2.05, 4.69) is 30.0 Å². The van der Waals surface area contributed by atoms with Crippen LogP contribution in [0.4, 0.5) is 24.7 Å². The van der Waals surface area contributed by atoms with Crippen molar-refractivity contribution in [3.63, 3.8) is 0 Å². The fourth-order valence-corrected chi connectivity index (χ4v) is 4.55. The molecule has 33 heavy (non-hydrogen) atoms. The Morgan fingerprint density at radius 1 is 1.18 bits per heavy atom. The van der Waals surface area contributed by atoms with E-state index in [0.717, 1.165) is 30.9 Å². The van der Waals surface area contributed by atoms with Gasteiger partial charge in [0.05, 0.1) is 24.7 Å². The molecule has 0 radical (unpaired) electrons. The number of nitrogens with zero attached hydrogens (tertiary/aromatic N) is 6. The predicted molar refractivity (Wildman–Crippen MR) is 113 cm³/mol. The number of piperidine rings is 1. The van der Waals surface area contributed by atoms with Crippen LogP contribution >= 0.6 is 0 Å². The van der Waals surface area contributed by atoms with E-state index in [-0.39, 0.29) is 11.3 Å². The number of ether oxygens (including phenoxy) is 1. The van der Waals surface area contributed by atoms with E-state index in [0.29, 0.717) is 55.4 Å². The maximum atomic E-state index is 12.8. The van der Waals surface area contributed by atoms with Gasteiger partial charge in [0.25, 0.3) is 5.88 Å². The lowest BCUT2D eigenvalue weighted by atomic mass is 9.77. The molecule has 2 fully saturated rings. The molecule has 2 saturated heterocycles. The van der Waals surface area contributed by atoms with Crippen LogP contribution in [0.3, 0.4) is 0 Å². The van der Waals surface area contributed by atoms with Gasteiger partial charge < -0.3 is 14.5 Å². The van der Waals surface area contributed by atoms with Crippen LogP contribution in [0.15, 0.2) is 24.5 Å². The number of carbonyl (C=O) groups is 1. The molecule has 0 unspecified atom stereocenters. The molecule has 1 spiro atoms. The van der Waals surface area contributed by atoms with Gasteiger partial charge in [0.2, 0.25) is 5.91 Å². The highest BCUT2D eigenvalue weighted by molar-refractivity contribution is 5.96.